The first-order valence-corrected chi connectivity index (χ1v) is 5.64. The maximum absolute atomic E-state index is 12.2. The molecule has 2 unspecified atom stereocenters. The van der Waals surface area contributed by atoms with Gasteiger partial charge in [0.25, 0.3) is 0 Å². The average molecular weight is 240 g/mol. The molecular weight excluding hydrogens is 221 g/mol. The van der Waals surface area contributed by atoms with Crippen molar-refractivity contribution in [2.75, 3.05) is 26.2 Å². The van der Waals surface area contributed by atoms with Gasteiger partial charge in [0, 0.05) is 19.1 Å². The lowest BCUT2D eigenvalue weighted by Crippen LogP contribution is -2.46. The molecule has 1 heterocycles. The minimum absolute atomic E-state index is 0.122. The molecule has 1 aliphatic heterocycles. The number of hydrogen-bond donors (Lipinski definition) is 2. The van der Waals surface area contributed by atoms with E-state index in [2.05, 4.69) is 5.32 Å². The van der Waals surface area contributed by atoms with Crippen LogP contribution in [0, 0.1) is 0 Å². The van der Waals surface area contributed by atoms with Gasteiger partial charge in [-0.3, -0.25) is 4.90 Å². The van der Waals surface area contributed by atoms with Crippen LogP contribution in [0.1, 0.15) is 19.8 Å². The van der Waals surface area contributed by atoms with E-state index in [1.807, 2.05) is 6.92 Å². The summed E-state index contributed by atoms with van der Waals surface area (Å²) in [6.07, 6.45) is -5.11. The smallest absolute Gasteiger partial charge is 0.382 e. The molecule has 0 amide bonds. The molecule has 1 aliphatic rings. The zero-order chi connectivity index (χ0) is 12.2. The predicted molar refractivity (Wildman–Crippen MR) is 55.2 cm³/mol. The molecule has 1 rings (SSSR count). The lowest BCUT2D eigenvalue weighted by Gasteiger charge is -2.30. The highest BCUT2D eigenvalue weighted by molar-refractivity contribution is 4.83. The van der Waals surface area contributed by atoms with Gasteiger partial charge in [0.05, 0.1) is 0 Å². The van der Waals surface area contributed by atoms with Crippen molar-refractivity contribution in [2.24, 2.45) is 0 Å². The number of aliphatic hydroxyl groups is 1. The Bertz CT molecular complexity index is 205. The summed E-state index contributed by atoms with van der Waals surface area (Å²) in [5.41, 5.74) is 0. The van der Waals surface area contributed by atoms with E-state index in [1.165, 1.54) is 0 Å². The molecule has 6 heteroatoms. The summed E-state index contributed by atoms with van der Waals surface area (Å²) in [7, 11) is 0. The van der Waals surface area contributed by atoms with Crippen molar-refractivity contribution in [3.8, 4) is 0 Å². The van der Waals surface area contributed by atoms with Crippen LogP contribution in [0.2, 0.25) is 0 Å². The number of rotatable bonds is 5. The van der Waals surface area contributed by atoms with Gasteiger partial charge < -0.3 is 10.4 Å². The minimum Gasteiger partial charge on any atom is -0.382 e. The van der Waals surface area contributed by atoms with Crippen LogP contribution >= 0.6 is 0 Å². The maximum atomic E-state index is 12.2. The second kappa shape index (κ2) is 5.84. The molecule has 0 radical (unpaired) electrons. The Morgan fingerprint density at radius 3 is 2.62 bits per heavy atom. The first kappa shape index (κ1) is 13.7. The zero-order valence-electron chi connectivity index (χ0n) is 9.43. The summed E-state index contributed by atoms with van der Waals surface area (Å²) in [6.45, 7) is 3.76. The van der Waals surface area contributed by atoms with E-state index < -0.39 is 12.3 Å². The van der Waals surface area contributed by atoms with Crippen LogP contribution in [0.3, 0.4) is 0 Å². The van der Waals surface area contributed by atoms with E-state index in [4.69, 9.17) is 5.11 Å². The van der Waals surface area contributed by atoms with Crippen molar-refractivity contribution >= 4 is 0 Å². The first-order chi connectivity index (χ1) is 7.45. The molecule has 0 aromatic heterocycles. The topological polar surface area (TPSA) is 35.5 Å². The van der Waals surface area contributed by atoms with E-state index >= 15 is 0 Å². The molecule has 0 spiro atoms. The normalized spacial score (nSPS) is 24.0. The Morgan fingerprint density at radius 2 is 2.19 bits per heavy atom. The number of hydrogen-bond acceptors (Lipinski definition) is 3. The molecular formula is C10H19F3N2O. The molecule has 3 nitrogen and oxygen atoms in total. The Kier molecular flexibility index (Phi) is 5.01. The number of aliphatic hydroxyl groups excluding tert-OH is 1. The van der Waals surface area contributed by atoms with Gasteiger partial charge in [-0.25, -0.2) is 0 Å². The van der Waals surface area contributed by atoms with Crippen molar-refractivity contribution in [3.63, 3.8) is 0 Å². The van der Waals surface area contributed by atoms with Gasteiger partial charge in [0.15, 0.2) is 6.10 Å². The van der Waals surface area contributed by atoms with E-state index in [9.17, 15) is 13.2 Å². The molecule has 16 heavy (non-hydrogen) atoms. The molecule has 1 fully saturated rings. The van der Waals surface area contributed by atoms with Gasteiger partial charge in [-0.2, -0.15) is 13.2 Å². The fourth-order valence-electron chi connectivity index (χ4n) is 1.99. The number of alkyl halides is 3. The van der Waals surface area contributed by atoms with Crippen molar-refractivity contribution in [2.45, 2.75) is 38.1 Å². The van der Waals surface area contributed by atoms with Crippen molar-refractivity contribution in [1.29, 1.82) is 0 Å². The maximum Gasteiger partial charge on any atom is 0.415 e. The van der Waals surface area contributed by atoms with Crippen LogP contribution in [0.5, 0.6) is 0 Å². The second-order valence-corrected chi connectivity index (χ2v) is 4.20. The van der Waals surface area contributed by atoms with Gasteiger partial charge in [-0.05, 0) is 25.9 Å². The molecule has 0 aliphatic carbocycles. The Labute approximate surface area is 93.6 Å². The number of nitrogens with one attached hydrogen (secondary N) is 1. The third-order valence-corrected chi connectivity index (χ3v) is 2.85. The molecule has 0 aromatic rings. The molecule has 0 aromatic carbocycles. The van der Waals surface area contributed by atoms with E-state index in [0.29, 0.717) is 13.1 Å². The molecule has 2 N–H and O–H groups in total. The van der Waals surface area contributed by atoms with Crippen LogP contribution in [-0.4, -0.2) is 54.5 Å². The Hall–Kier alpha value is -0.330. The molecule has 2 atom stereocenters. The molecule has 1 saturated heterocycles. The highest BCUT2D eigenvalue weighted by atomic mass is 19.4. The fraction of sp³-hybridized carbons (Fsp3) is 1.00. The fourth-order valence-corrected chi connectivity index (χ4v) is 1.99. The summed E-state index contributed by atoms with van der Waals surface area (Å²) in [6, 6.07) is 0.122. The quantitative estimate of drug-likeness (QED) is 0.752. The van der Waals surface area contributed by atoms with E-state index in [-0.39, 0.29) is 12.6 Å². The summed E-state index contributed by atoms with van der Waals surface area (Å²) in [5.74, 6) is 0. The minimum atomic E-state index is -4.52. The van der Waals surface area contributed by atoms with E-state index in [1.54, 1.807) is 4.90 Å². The molecule has 96 valence electrons. The van der Waals surface area contributed by atoms with Gasteiger partial charge in [0.2, 0.25) is 0 Å². The number of nitrogens with zero attached hydrogens (tertiary/aromatic N) is 1. The number of halogens is 3. The Morgan fingerprint density at radius 1 is 1.50 bits per heavy atom. The first-order valence-electron chi connectivity index (χ1n) is 5.64. The van der Waals surface area contributed by atoms with Crippen LogP contribution in [-0.2, 0) is 0 Å². The average Bonchev–Trinajstić information content (AvgIpc) is 2.68. The lowest BCUT2D eigenvalue weighted by molar-refractivity contribution is -0.209. The Balaban J connectivity index is 2.50. The predicted octanol–water partition coefficient (Wildman–Crippen LogP) is 0.984. The van der Waals surface area contributed by atoms with Crippen LogP contribution < -0.4 is 5.32 Å². The van der Waals surface area contributed by atoms with Crippen molar-refractivity contribution < 1.29 is 18.3 Å². The van der Waals surface area contributed by atoms with Gasteiger partial charge in [-0.1, -0.05) is 6.92 Å². The summed E-state index contributed by atoms with van der Waals surface area (Å²) in [5, 5.41) is 12.2. The second-order valence-electron chi connectivity index (χ2n) is 4.20. The van der Waals surface area contributed by atoms with Gasteiger partial charge in [0.1, 0.15) is 0 Å². The van der Waals surface area contributed by atoms with Gasteiger partial charge in [-0.15, -0.1) is 0 Å². The lowest BCUT2D eigenvalue weighted by atomic mass is 10.2. The standard InChI is InChI=1S/C10H19F3N2O/c1-2-5-15(8-3-4-14-6-8)7-9(16)10(11,12)13/h8-9,14,16H,2-7H2,1H3. The summed E-state index contributed by atoms with van der Waals surface area (Å²) in [4.78, 5) is 1.73. The third-order valence-electron chi connectivity index (χ3n) is 2.85. The monoisotopic (exact) mass is 240 g/mol. The van der Waals surface area contributed by atoms with Crippen LogP contribution in [0.25, 0.3) is 0 Å². The van der Waals surface area contributed by atoms with E-state index in [0.717, 1.165) is 19.4 Å². The molecule has 0 saturated carbocycles. The molecule has 0 bridgehead atoms. The van der Waals surface area contributed by atoms with Crippen molar-refractivity contribution in [1.82, 2.24) is 10.2 Å². The van der Waals surface area contributed by atoms with Crippen molar-refractivity contribution in [3.05, 3.63) is 0 Å². The van der Waals surface area contributed by atoms with Gasteiger partial charge >= 0.3 is 6.18 Å². The highest BCUT2D eigenvalue weighted by Crippen LogP contribution is 2.22. The summed E-state index contributed by atoms with van der Waals surface area (Å²) < 4.78 is 36.7. The highest BCUT2D eigenvalue weighted by Gasteiger charge is 2.40. The third kappa shape index (κ3) is 3.92. The van der Waals surface area contributed by atoms with Crippen LogP contribution in [0.4, 0.5) is 13.2 Å². The summed E-state index contributed by atoms with van der Waals surface area (Å²) >= 11 is 0. The van der Waals surface area contributed by atoms with Crippen LogP contribution in [0.15, 0.2) is 0 Å². The zero-order valence-corrected chi connectivity index (χ0v) is 9.43. The largest absolute Gasteiger partial charge is 0.415 e. The SMILES string of the molecule is CCCN(CC(O)C(F)(F)F)C1CCNC1.